The molecule has 0 bridgehead atoms. The molecule has 1 atom stereocenters. The predicted octanol–water partition coefficient (Wildman–Crippen LogP) is 2.24. The first-order valence-electron chi connectivity index (χ1n) is 4.86. The van der Waals surface area contributed by atoms with Gasteiger partial charge >= 0.3 is 0 Å². The quantitative estimate of drug-likeness (QED) is 0.857. The van der Waals surface area contributed by atoms with Crippen LogP contribution in [0.4, 0.5) is 0 Å². The number of aliphatic hydroxyl groups excluding tert-OH is 1. The summed E-state index contributed by atoms with van der Waals surface area (Å²) in [6.07, 6.45) is -0.559. The van der Waals surface area contributed by atoms with Gasteiger partial charge in [-0.1, -0.05) is 35.2 Å². The second-order valence-corrected chi connectivity index (χ2v) is 5.37. The van der Waals surface area contributed by atoms with E-state index in [1.807, 2.05) is 6.07 Å². The molecule has 0 fully saturated rings. The first kappa shape index (κ1) is 12.0. The molecule has 1 aromatic heterocycles. The SMILES string of the molecule is N#Cc1ccc(C(O)CSc2nncs2)cc1. The summed E-state index contributed by atoms with van der Waals surface area (Å²) in [5.41, 5.74) is 3.06. The van der Waals surface area contributed by atoms with Crippen LogP contribution in [0.25, 0.3) is 0 Å². The van der Waals surface area contributed by atoms with E-state index >= 15 is 0 Å². The summed E-state index contributed by atoms with van der Waals surface area (Å²) in [5, 5.41) is 26.2. The zero-order valence-corrected chi connectivity index (χ0v) is 10.4. The second-order valence-electron chi connectivity index (χ2n) is 3.27. The van der Waals surface area contributed by atoms with E-state index < -0.39 is 6.10 Å². The highest BCUT2D eigenvalue weighted by molar-refractivity contribution is 8.01. The number of nitrogens with zero attached hydrogens (tertiary/aromatic N) is 3. The average molecular weight is 263 g/mol. The van der Waals surface area contributed by atoms with Crippen LogP contribution in [-0.4, -0.2) is 21.1 Å². The van der Waals surface area contributed by atoms with Gasteiger partial charge in [0.2, 0.25) is 0 Å². The molecule has 4 nitrogen and oxygen atoms in total. The molecule has 0 aliphatic carbocycles. The fourth-order valence-electron chi connectivity index (χ4n) is 1.25. The van der Waals surface area contributed by atoms with Crippen molar-refractivity contribution in [3.63, 3.8) is 0 Å². The summed E-state index contributed by atoms with van der Waals surface area (Å²) in [6, 6.07) is 8.98. The lowest BCUT2D eigenvalue weighted by Crippen LogP contribution is -2.00. The van der Waals surface area contributed by atoms with E-state index in [2.05, 4.69) is 10.2 Å². The van der Waals surface area contributed by atoms with Gasteiger partial charge in [-0.05, 0) is 17.7 Å². The van der Waals surface area contributed by atoms with E-state index in [4.69, 9.17) is 5.26 Å². The van der Waals surface area contributed by atoms with Gasteiger partial charge in [0.25, 0.3) is 0 Å². The van der Waals surface area contributed by atoms with Crippen LogP contribution in [0.2, 0.25) is 0 Å². The molecule has 2 rings (SSSR count). The standard InChI is InChI=1S/C11H9N3OS2/c12-5-8-1-3-9(4-2-8)10(15)6-16-11-14-13-7-17-11/h1-4,7,10,15H,6H2. The maximum Gasteiger partial charge on any atom is 0.174 e. The van der Waals surface area contributed by atoms with E-state index in [-0.39, 0.29) is 0 Å². The Morgan fingerprint density at radius 3 is 2.76 bits per heavy atom. The Labute approximate surface area is 107 Å². The Balaban J connectivity index is 1.95. The van der Waals surface area contributed by atoms with Crippen LogP contribution in [0, 0.1) is 11.3 Å². The summed E-state index contributed by atoms with van der Waals surface area (Å²) >= 11 is 2.92. The molecular formula is C11H9N3OS2. The van der Waals surface area contributed by atoms with E-state index in [1.54, 1.807) is 29.8 Å². The van der Waals surface area contributed by atoms with Crippen LogP contribution >= 0.6 is 23.1 Å². The van der Waals surface area contributed by atoms with Crippen molar-refractivity contribution in [1.29, 1.82) is 5.26 Å². The number of thioether (sulfide) groups is 1. The van der Waals surface area contributed by atoms with Crippen molar-refractivity contribution in [3.05, 3.63) is 40.9 Å². The molecule has 0 aliphatic rings. The molecular weight excluding hydrogens is 254 g/mol. The van der Waals surface area contributed by atoms with Gasteiger partial charge in [0.1, 0.15) is 5.51 Å². The molecule has 17 heavy (non-hydrogen) atoms. The lowest BCUT2D eigenvalue weighted by molar-refractivity contribution is 0.204. The minimum absolute atomic E-state index is 0.529. The molecule has 0 radical (unpaired) electrons. The van der Waals surface area contributed by atoms with Gasteiger partial charge < -0.3 is 5.11 Å². The number of nitriles is 1. The smallest absolute Gasteiger partial charge is 0.174 e. The Morgan fingerprint density at radius 1 is 1.41 bits per heavy atom. The van der Waals surface area contributed by atoms with Crippen molar-refractivity contribution in [3.8, 4) is 6.07 Å². The number of aliphatic hydroxyl groups is 1. The molecule has 86 valence electrons. The summed E-state index contributed by atoms with van der Waals surface area (Å²) < 4.78 is 0.845. The summed E-state index contributed by atoms with van der Waals surface area (Å²) in [5.74, 6) is 0.529. The minimum Gasteiger partial charge on any atom is -0.388 e. The third-order valence-corrected chi connectivity index (χ3v) is 4.07. The maximum absolute atomic E-state index is 9.94. The van der Waals surface area contributed by atoms with Crippen molar-refractivity contribution in [2.75, 3.05) is 5.75 Å². The van der Waals surface area contributed by atoms with E-state index in [9.17, 15) is 5.11 Å². The van der Waals surface area contributed by atoms with Gasteiger partial charge in [0, 0.05) is 5.75 Å². The summed E-state index contributed by atoms with van der Waals surface area (Å²) in [6.45, 7) is 0. The van der Waals surface area contributed by atoms with E-state index in [0.717, 1.165) is 9.90 Å². The van der Waals surface area contributed by atoms with Crippen LogP contribution in [0.5, 0.6) is 0 Å². The van der Waals surface area contributed by atoms with Crippen molar-refractivity contribution in [1.82, 2.24) is 10.2 Å². The number of hydrogen-bond donors (Lipinski definition) is 1. The Bertz CT molecular complexity index is 505. The molecule has 0 aliphatic heterocycles. The van der Waals surface area contributed by atoms with E-state index in [1.165, 1.54) is 23.1 Å². The third-order valence-electron chi connectivity index (χ3n) is 2.13. The minimum atomic E-state index is -0.559. The molecule has 0 amide bonds. The van der Waals surface area contributed by atoms with Crippen LogP contribution in [-0.2, 0) is 0 Å². The fraction of sp³-hybridized carbons (Fsp3) is 0.182. The molecule has 0 saturated carbocycles. The molecule has 2 aromatic rings. The van der Waals surface area contributed by atoms with Crippen molar-refractivity contribution < 1.29 is 5.11 Å². The molecule has 0 spiro atoms. The van der Waals surface area contributed by atoms with Gasteiger partial charge in [0.15, 0.2) is 4.34 Å². The van der Waals surface area contributed by atoms with Crippen LogP contribution in [0.3, 0.4) is 0 Å². The Kier molecular flexibility index (Phi) is 4.09. The van der Waals surface area contributed by atoms with Crippen molar-refractivity contribution >= 4 is 23.1 Å². The summed E-state index contributed by atoms with van der Waals surface area (Å²) in [4.78, 5) is 0. The fourth-order valence-corrected chi connectivity index (χ4v) is 2.73. The molecule has 0 saturated heterocycles. The van der Waals surface area contributed by atoms with Gasteiger partial charge in [-0.3, -0.25) is 0 Å². The van der Waals surface area contributed by atoms with E-state index in [0.29, 0.717) is 11.3 Å². The largest absolute Gasteiger partial charge is 0.388 e. The van der Waals surface area contributed by atoms with Crippen LogP contribution < -0.4 is 0 Å². The van der Waals surface area contributed by atoms with Gasteiger partial charge in [-0.15, -0.1) is 10.2 Å². The lowest BCUT2D eigenvalue weighted by Gasteiger charge is -2.09. The highest BCUT2D eigenvalue weighted by atomic mass is 32.2. The maximum atomic E-state index is 9.94. The van der Waals surface area contributed by atoms with Crippen molar-refractivity contribution in [2.45, 2.75) is 10.4 Å². The number of benzene rings is 1. The van der Waals surface area contributed by atoms with Crippen molar-refractivity contribution in [2.24, 2.45) is 0 Å². The summed E-state index contributed by atoms with van der Waals surface area (Å²) in [7, 11) is 0. The number of aromatic nitrogens is 2. The zero-order valence-electron chi connectivity index (χ0n) is 8.78. The van der Waals surface area contributed by atoms with Crippen LogP contribution in [0.15, 0.2) is 34.1 Å². The topological polar surface area (TPSA) is 69.8 Å². The zero-order chi connectivity index (χ0) is 12.1. The molecule has 1 aromatic carbocycles. The molecule has 6 heteroatoms. The Morgan fingerprint density at radius 2 is 2.18 bits per heavy atom. The number of rotatable bonds is 4. The third kappa shape index (κ3) is 3.27. The van der Waals surface area contributed by atoms with Gasteiger partial charge in [-0.25, -0.2) is 0 Å². The van der Waals surface area contributed by atoms with Crippen LogP contribution in [0.1, 0.15) is 17.2 Å². The second kappa shape index (κ2) is 5.77. The van der Waals surface area contributed by atoms with Gasteiger partial charge in [-0.2, -0.15) is 5.26 Å². The first-order chi connectivity index (χ1) is 8.29. The predicted molar refractivity (Wildman–Crippen MR) is 66.7 cm³/mol. The lowest BCUT2D eigenvalue weighted by atomic mass is 10.1. The van der Waals surface area contributed by atoms with Gasteiger partial charge in [0.05, 0.1) is 17.7 Å². The highest BCUT2D eigenvalue weighted by Gasteiger charge is 2.09. The number of hydrogen-bond acceptors (Lipinski definition) is 6. The first-order valence-corrected chi connectivity index (χ1v) is 6.73. The monoisotopic (exact) mass is 263 g/mol. The highest BCUT2D eigenvalue weighted by Crippen LogP contribution is 2.25. The molecule has 1 N–H and O–H groups in total. The average Bonchev–Trinajstić information content (AvgIpc) is 2.89. The molecule has 1 unspecified atom stereocenters. The normalized spacial score (nSPS) is 12.0. The Hall–Kier alpha value is -1.42. The molecule has 1 heterocycles.